The topological polar surface area (TPSA) is 66.9 Å². The van der Waals surface area contributed by atoms with Gasteiger partial charge >= 0.3 is 0 Å². The van der Waals surface area contributed by atoms with E-state index in [-0.39, 0.29) is 11.9 Å². The summed E-state index contributed by atoms with van der Waals surface area (Å²) < 4.78 is 0. The van der Waals surface area contributed by atoms with E-state index in [1.165, 1.54) is 0 Å². The number of benzene rings is 1. The Balaban J connectivity index is 1.78. The molecule has 116 valence electrons. The van der Waals surface area contributed by atoms with Crippen molar-refractivity contribution in [3.05, 3.63) is 53.1 Å². The number of aromatic nitrogens is 2. The average Bonchev–Trinajstić information content (AvgIpc) is 2.51. The maximum atomic E-state index is 11.9. The van der Waals surface area contributed by atoms with E-state index < -0.39 is 0 Å². The fourth-order valence-corrected chi connectivity index (χ4v) is 2.26. The number of carbonyl (C=O) groups is 1. The minimum Gasteiger partial charge on any atom is -0.325 e. The molecule has 6 heteroatoms. The molecule has 2 N–H and O–H groups in total. The molecule has 0 saturated heterocycles. The van der Waals surface area contributed by atoms with Gasteiger partial charge in [0.2, 0.25) is 5.91 Å². The van der Waals surface area contributed by atoms with Crippen LogP contribution in [-0.2, 0) is 4.79 Å². The molecule has 0 spiro atoms. The number of nitrogens with one attached hydrogen (secondary N) is 2. The van der Waals surface area contributed by atoms with E-state index in [4.69, 9.17) is 11.6 Å². The summed E-state index contributed by atoms with van der Waals surface area (Å²) in [5.74, 6) is -0.0791. The highest BCUT2D eigenvalue weighted by molar-refractivity contribution is 6.33. The largest absolute Gasteiger partial charge is 0.325 e. The van der Waals surface area contributed by atoms with Crippen LogP contribution in [0, 0.1) is 6.92 Å². The summed E-state index contributed by atoms with van der Waals surface area (Å²) in [7, 11) is 0. The molecule has 1 atom stereocenters. The SMILES string of the molecule is Cc1ccc(NC(=O)CCN[C@H](C)c2cnccn2)c(Cl)c1. The summed E-state index contributed by atoms with van der Waals surface area (Å²) in [5.41, 5.74) is 2.55. The van der Waals surface area contributed by atoms with Gasteiger partial charge in [-0.05, 0) is 31.5 Å². The van der Waals surface area contributed by atoms with Crippen LogP contribution in [0.2, 0.25) is 5.02 Å². The van der Waals surface area contributed by atoms with Crippen LogP contribution >= 0.6 is 11.6 Å². The van der Waals surface area contributed by atoms with E-state index in [2.05, 4.69) is 20.6 Å². The van der Waals surface area contributed by atoms with Crippen molar-refractivity contribution >= 4 is 23.2 Å². The molecular weight excluding hydrogens is 300 g/mol. The van der Waals surface area contributed by atoms with Gasteiger partial charge in [0.05, 0.1) is 16.4 Å². The molecule has 1 amide bonds. The lowest BCUT2D eigenvalue weighted by molar-refractivity contribution is -0.116. The monoisotopic (exact) mass is 318 g/mol. The van der Waals surface area contributed by atoms with Gasteiger partial charge in [-0.1, -0.05) is 17.7 Å². The molecule has 0 saturated carbocycles. The quantitative estimate of drug-likeness (QED) is 0.858. The third kappa shape index (κ3) is 4.79. The predicted octanol–water partition coefficient (Wildman–Crippen LogP) is 3.12. The lowest BCUT2D eigenvalue weighted by Crippen LogP contribution is -2.25. The second-order valence-electron chi connectivity index (χ2n) is 5.09. The number of carbonyl (C=O) groups excluding carboxylic acids is 1. The summed E-state index contributed by atoms with van der Waals surface area (Å²) in [5, 5.41) is 6.61. The normalized spacial score (nSPS) is 12.0. The maximum absolute atomic E-state index is 11.9. The highest BCUT2D eigenvalue weighted by Crippen LogP contribution is 2.22. The minimum atomic E-state index is -0.0791. The number of anilines is 1. The van der Waals surface area contributed by atoms with Gasteiger partial charge in [-0.2, -0.15) is 0 Å². The van der Waals surface area contributed by atoms with Crippen molar-refractivity contribution in [3.63, 3.8) is 0 Å². The number of rotatable bonds is 6. The molecule has 2 aromatic rings. The minimum absolute atomic E-state index is 0.0458. The third-order valence-corrected chi connectivity index (χ3v) is 3.54. The standard InChI is InChI=1S/C16H19ClN4O/c1-11-3-4-14(13(17)9-11)21-16(22)5-6-19-12(2)15-10-18-7-8-20-15/h3-4,7-10,12,19H,5-6H2,1-2H3,(H,21,22)/t12-/m1/s1. The molecule has 0 fully saturated rings. The zero-order valence-electron chi connectivity index (χ0n) is 12.6. The number of amides is 1. The van der Waals surface area contributed by atoms with Crippen LogP contribution in [0.4, 0.5) is 5.69 Å². The molecule has 0 aliphatic heterocycles. The van der Waals surface area contributed by atoms with Gasteiger partial charge in [-0.15, -0.1) is 0 Å². The first-order valence-electron chi connectivity index (χ1n) is 7.11. The Morgan fingerprint density at radius 3 is 2.86 bits per heavy atom. The summed E-state index contributed by atoms with van der Waals surface area (Å²) >= 11 is 6.09. The van der Waals surface area contributed by atoms with Gasteiger partial charge in [0.25, 0.3) is 0 Å². The first kappa shape index (κ1) is 16.4. The van der Waals surface area contributed by atoms with Crippen LogP contribution in [0.15, 0.2) is 36.8 Å². The highest BCUT2D eigenvalue weighted by Gasteiger charge is 2.09. The van der Waals surface area contributed by atoms with E-state index in [1.807, 2.05) is 32.0 Å². The molecule has 0 unspecified atom stereocenters. The van der Waals surface area contributed by atoms with Crippen molar-refractivity contribution in [2.45, 2.75) is 26.3 Å². The number of hydrogen-bond donors (Lipinski definition) is 2. The molecule has 0 radical (unpaired) electrons. The fourth-order valence-electron chi connectivity index (χ4n) is 1.98. The van der Waals surface area contributed by atoms with Gasteiger partial charge in [0.1, 0.15) is 0 Å². The molecule has 1 heterocycles. The van der Waals surface area contributed by atoms with Crippen molar-refractivity contribution < 1.29 is 4.79 Å². The Kier molecular flexibility index (Phi) is 5.86. The molecule has 22 heavy (non-hydrogen) atoms. The molecular formula is C16H19ClN4O. The van der Waals surface area contributed by atoms with E-state index in [0.717, 1.165) is 11.3 Å². The number of aryl methyl sites for hydroxylation is 1. The van der Waals surface area contributed by atoms with Crippen LogP contribution in [0.3, 0.4) is 0 Å². The molecule has 2 rings (SSSR count). The van der Waals surface area contributed by atoms with Crippen molar-refractivity contribution in [2.24, 2.45) is 0 Å². The Morgan fingerprint density at radius 1 is 1.36 bits per heavy atom. The summed E-state index contributed by atoms with van der Waals surface area (Å²) in [6, 6.07) is 5.59. The first-order valence-corrected chi connectivity index (χ1v) is 7.49. The lowest BCUT2D eigenvalue weighted by Gasteiger charge is -2.13. The summed E-state index contributed by atoms with van der Waals surface area (Å²) in [6.07, 6.45) is 5.35. The van der Waals surface area contributed by atoms with E-state index >= 15 is 0 Å². The van der Waals surface area contributed by atoms with Crippen molar-refractivity contribution in [2.75, 3.05) is 11.9 Å². The second-order valence-corrected chi connectivity index (χ2v) is 5.49. The zero-order valence-corrected chi connectivity index (χ0v) is 13.4. The maximum Gasteiger partial charge on any atom is 0.225 e. The number of hydrogen-bond acceptors (Lipinski definition) is 4. The Hall–Kier alpha value is -1.98. The van der Waals surface area contributed by atoms with Crippen LogP contribution in [-0.4, -0.2) is 22.4 Å². The van der Waals surface area contributed by atoms with E-state index in [9.17, 15) is 4.79 Å². The predicted molar refractivity (Wildman–Crippen MR) is 87.9 cm³/mol. The fraction of sp³-hybridized carbons (Fsp3) is 0.312. The van der Waals surface area contributed by atoms with Crippen LogP contribution < -0.4 is 10.6 Å². The van der Waals surface area contributed by atoms with Crippen LogP contribution in [0.1, 0.15) is 30.6 Å². The summed E-state index contributed by atoms with van der Waals surface area (Å²) in [4.78, 5) is 20.2. The second kappa shape index (κ2) is 7.87. The Labute approximate surface area is 135 Å². The van der Waals surface area contributed by atoms with Gasteiger partial charge in [-0.25, -0.2) is 0 Å². The molecule has 0 aliphatic rings. The molecule has 0 bridgehead atoms. The van der Waals surface area contributed by atoms with Gasteiger partial charge in [0.15, 0.2) is 0 Å². The Bertz CT molecular complexity index is 633. The molecule has 5 nitrogen and oxygen atoms in total. The van der Waals surface area contributed by atoms with E-state index in [0.29, 0.717) is 23.7 Å². The lowest BCUT2D eigenvalue weighted by atomic mass is 10.2. The summed E-state index contributed by atoms with van der Waals surface area (Å²) in [6.45, 7) is 4.49. The number of halogens is 1. The molecule has 1 aromatic heterocycles. The molecule has 1 aromatic carbocycles. The van der Waals surface area contributed by atoms with Crippen LogP contribution in [0.25, 0.3) is 0 Å². The first-order chi connectivity index (χ1) is 10.6. The zero-order chi connectivity index (χ0) is 15.9. The number of nitrogens with zero attached hydrogens (tertiary/aromatic N) is 2. The van der Waals surface area contributed by atoms with E-state index in [1.54, 1.807) is 18.6 Å². The third-order valence-electron chi connectivity index (χ3n) is 3.23. The Morgan fingerprint density at radius 2 is 2.18 bits per heavy atom. The van der Waals surface area contributed by atoms with Crippen LogP contribution in [0.5, 0.6) is 0 Å². The van der Waals surface area contributed by atoms with Gasteiger partial charge in [0, 0.05) is 37.6 Å². The molecule has 0 aliphatic carbocycles. The van der Waals surface area contributed by atoms with Crippen molar-refractivity contribution in [1.29, 1.82) is 0 Å². The van der Waals surface area contributed by atoms with Crippen molar-refractivity contribution in [3.8, 4) is 0 Å². The smallest absolute Gasteiger partial charge is 0.225 e. The highest BCUT2D eigenvalue weighted by atomic mass is 35.5. The van der Waals surface area contributed by atoms with Gasteiger partial charge < -0.3 is 10.6 Å². The average molecular weight is 319 g/mol. The van der Waals surface area contributed by atoms with Crippen molar-refractivity contribution in [1.82, 2.24) is 15.3 Å². The van der Waals surface area contributed by atoms with Gasteiger partial charge in [-0.3, -0.25) is 14.8 Å².